The van der Waals surface area contributed by atoms with Crippen LogP contribution in [0.15, 0.2) is 60.7 Å². The highest BCUT2D eigenvalue weighted by atomic mass is 35.5. The molecule has 0 aliphatic carbocycles. The lowest BCUT2D eigenvalue weighted by Gasteiger charge is -2.14. The van der Waals surface area contributed by atoms with Gasteiger partial charge in [-0.15, -0.1) is 0 Å². The number of rotatable bonds is 5. The molecular weight excluding hydrogens is 400 g/mol. The average Bonchev–Trinajstić information content (AvgIpc) is 2.77. The third kappa shape index (κ3) is 3.97. The monoisotopic (exact) mass is 416 g/mol. The summed E-state index contributed by atoms with van der Waals surface area (Å²) in [6, 6.07) is 20.3. The fourth-order valence-corrected chi connectivity index (χ4v) is 3.34. The molecular formula is C23H17ClN4O2. The first-order valence-electron chi connectivity index (χ1n) is 9.10. The number of ether oxygens (including phenoxy) is 2. The van der Waals surface area contributed by atoms with Crippen LogP contribution in [0.5, 0.6) is 11.5 Å². The molecule has 2 N–H and O–H groups in total. The van der Waals surface area contributed by atoms with Gasteiger partial charge in [0.05, 0.1) is 30.0 Å². The van der Waals surface area contributed by atoms with E-state index in [1.165, 1.54) is 0 Å². The smallest absolute Gasteiger partial charge is 0.221 e. The van der Waals surface area contributed by atoms with Crippen LogP contribution in [0, 0.1) is 11.3 Å². The summed E-state index contributed by atoms with van der Waals surface area (Å²) in [4.78, 5) is 8.70. The largest absolute Gasteiger partial charge is 0.493 e. The van der Waals surface area contributed by atoms with Crippen molar-refractivity contribution in [3.8, 4) is 28.8 Å². The van der Waals surface area contributed by atoms with Crippen LogP contribution in [0.1, 0.15) is 11.1 Å². The van der Waals surface area contributed by atoms with Crippen LogP contribution < -0.4 is 15.2 Å². The molecule has 0 radical (unpaired) electrons. The van der Waals surface area contributed by atoms with Gasteiger partial charge in [0.15, 0.2) is 11.5 Å². The number of halogens is 1. The Bertz CT molecular complexity index is 1280. The molecule has 0 saturated carbocycles. The molecule has 30 heavy (non-hydrogen) atoms. The summed E-state index contributed by atoms with van der Waals surface area (Å²) >= 11 is 6.18. The van der Waals surface area contributed by atoms with E-state index in [1.807, 2.05) is 42.5 Å². The van der Waals surface area contributed by atoms with Crippen molar-refractivity contribution in [1.82, 2.24) is 9.97 Å². The van der Waals surface area contributed by atoms with E-state index in [0.717, 1.165) is 16.5 Å². The van der Waals surface area contributed by atoms with Crippen molar-refractivity contribution in [1.29, 1.82) is 5.26 Å². The molecule has 1 heterocycles. The van der Waals surface area contributed by atoms with Gasteiger partial charge in [0.2, 0.25) is 5.95 Å². The van der Waals surface area contributed by atoms with Crippen molar-refractivity contribution < 1.29 is 9.47 Å². The number of fused-ring (bicyclic) bond motifs is 1. The van der Waals surface area contributed by atoms with Crippen molar-refractivity contribution in [3.63, 3.8) is 0 Å². The number of nitriles is 1. The second kappa shape index (κ2) is 8.27. The average molecular weight is 417 g/mol. The van der Waals surface area contributed by atoms with Gasteiger partial charge in [-0.25, -0.2) is 9.97 Å². The number of nitrogen functional groups attached to an aromatic ring is 1. The number of hydrogen-bond acceptors (Lipinski definition) is 6. The third-order valence-electron chi connectivity index (χ3n) is 4.56. The Morgan fingerprint density at radius 1 is 1.03 bits per heavy atom. The lowest BCUT2D eigenvalue weighted by Crippen LogP contribution is -2.00. The van der Waals surface area contributed by atoms with Crippen LogP contribution in [-0.4, -0.2) is 17.1 Å². The highest BCUT2D eigenvalue weighted by Crippen LogP contribution is 2.35. The summed E-state index contributed by atoms with van der Waals surface area (Å²) in [5.41, 5.74) is 9.52. The Labute approximate surface area is 178 Å². The molecule has 0 fully saturated rings. The predicted octanol–water partition coefficient (Wildman–Crippen LogP) is 4.99. The maximum Gasteiger partial charge on any atom is 0.221 e. The van der Waals surface area contributed by atoms with Gasteiger partial charge in [-0.05, 0) is 54.1 Å². The van der Waals surface area contributed by atoms with Crippen molar-refractivity contribution in [2.45, 2.75) is 6.61 Å². The lowest BCUT2D eigenvalue weighted by atomic mass is 10.1. The zero-order valence-electron chi connectivity index (χ0n) is 16.1. The van der Waals surface area contributed by atoms with E-state index in [4.69, 9.17) is 32.1 Å². The predicted molar refractivity (Wildman–Crippen MR) is 116 cm³/mol. The van der Waals surface area contributed by atoms with Gasteiger partial charge in [0, 0.05) is 16.0 Å². The highest BCUT2D eigenvalue weighted by Gasteiger charge is 2.13. The number of benzene rings is 3. The molecule has 0 atom stereocenters. The van der Waals surface area contributed by atoms with Crippen molar-refractivity contribution in [2.24, 2.45) is 0 Å². The van der Waals surface area contributed by atoms with Crippen LogP contribution >= 0.6 is 11.6 Å². The van der Waals surface area contributed by atoms with Crippen LogP contribution in [0.4, 0.5) is 5.95 Å². The molecule has 0 spiro atoms. The van der Waals surface area contributed by atoms with Gasteiger partial charge in [-0.3, -0.25) is 0 Å². The summed E-state index contributed by atoms with van der Waals surface area (Å²) in [5.74, 6) is 1.30. The Kier molecular flexibility index (Phi) is 5.38. The number of methoxy groups -OCH3 is 1. The topological polar surface area (TPSA) is 94.1 Å². The zero-order chi connectivity index (χ0) is 21.1. The van der Waals surface area contributed by atoms with Gasteiger partial charge in [-0.2, -0.15) is 5.26 Å². The van der Waals surface area contributed by atoms with Crippen LogP contribution in [-0.2, 0) is 6.61 Å². The fraction of sp³-hybridized carbons (Fsp3) is 0.0870. The lowest BCUT2D eigenvalue weighted by molar-refractivity contribution is 0.284. The standard InChI is InChI=1S/C23H17ClN4O2/c1-29-20-8-5-16(10-21(20)30-13-15-4-2-3-14(9-15)12-25)22-18-11-17(24)6-7-19(18)27-23(26)28-22/h2-11H,13H2,1H3,(H2,26,27,28). The molecule has 1 aromatic heterocycles. The molecule has 0 unspecified atom stereocenters. The molecule has 148 valence electrons. The molecule has 0 amide bonds. The van der Waals surface area contributed by atoms with Crippen LogP contribution in [0.2, 0.25) is 5.02 Å². The van der Waals surface area contributed by atoms with Gasteiger partial charge in [0.1, 0.15) is 6.61 Å². The first-order chi connectivity index (χ1) is 14.6. The number of anilines is 1. The van der Waals surface area contributed by atoms with Crippen LogP contribution in [0.25, 0.3) is 22.2 Å². The maximum absolute atomic E-state index is 9.08. The third-order valence-corrected chi connectivity index (χ3v) is 4.80. The number of aromatic nitrogens is 2. The minimum absolute atomic E-state index is 0.173. The molecule has 4 aromatic rings. The number of nitrogens with two attached hydrogens (primary N) is 1. The van der Waals surface area contributed by atoms with E-state index in [2.05, 4.69) is 16.0 Å². The quantitative estimate of drug-likeness (QED) is 0.492. The second-order valence-electron chi connectivity index (χ2n) is 6.56. The Balaban J connectivity index is 1.74. The van der Waals surface area contributed by atoms with E-state index in [9.17, 15) is 0 Å². The van der Waals surface area contributed by atoms with Gasteiger partial charge in [0.25, 0.3) is 0 Å². The minimum Gasteiger partial charge on any atom is -0.493 e. The van der Waals surface area contributed by atoms with Gasteiger partial charge in [-0.1, -0.05) is 23.7 Å². The molecule has 0 saturated heterocycles. The Hall–Kier alpha value is -3.82. The van der Waals surface area contributed by atoms with Crippen molar-refractivity contribution in [2.75, 3.05) is 12.8 Å². The SMILES string of the molecule is COc1ccc(-c2nc(N)nc3ccc(Cl)cc23)cc1OCc1cccc(C#N)c1. The van der Waals surface area contributed by atoms with Gasteiger partial charge < -0.3 is 15.2 Å². The zero-order valence-corrected chi connectivity index (χ0v) is 16.8. The number of nitrogens with zero attached hydrogens (tertiary/aromatic N) is 3. The first-order valence-corrected chi connectivity index (χ1v) is 9.48. The maximum atomic E-state index is 9.08. The van der Waals surface area contributed by atoms with E-state index in [-0.39, 0.29) is 12.6 Å². The summed E-state index contributed by atoms with van der Waals surface area (Å²) in [6.45, 7) is 0.286. The summed E-state index contributed by atoms with van der Waals surface area (Å²) in [7, 11) is 1.58. The first kappa shape index (κ1) is 19.5. The van der Waals surface area contributed by atoms with E-state index < -0.39 is 0 Å². The summed E-state index contributed by atoms with van der Waals surface area (Å²) in [6.07, 6.45) is 0. The minimum atomic E-state index is 0.173. The number of hydrogen-bond donors (Lipinski definition) is 1. The van der Waals surface area contributed by atoms with Crippen molar-refractivity contribution >= 4 is 28.5 Å². The summed E-state index contributed by atoms with van der Waals surface area (Å²) in [5, 5.41) is 10.4. The van der Waals surface area contributed by atoms with E-state index in [1.54, 1.807) is 25.3 Å². The van der Waals surface area contributed by atoms with E-state index in [0.29, 0.717) is 33.3 Å². The molecule has 7 heteroatoms. The molecule has 0 aliphatic rings. The summed E-state index contributed by atoms with van der Waals surface area (Å²) < 4.78 is 11.5. The highest BCUT2D eigenvalue weighted by molar-refractivity contribution is 6.31. The van der Waals surface area contributed by atoms with Crippen molar-refractivity contribution in [3.05, 3.63) is 76.8 Å². The fourth-order valence-electron chi connectivity index (χ4n) is 3.17. The molecule has 4 rings (SSSR count). The normalized spacial score (nSPS) is 10.6. The van der Waals surface area contributed by atoms with E-state index >= 15 is 0 Å². The molecule has 0 aliphatic heterocycles. The molecule has 0 bridgehead atoms. The Morgan fingerprint density at radius 3 is 2.70 bits per heavy atom. The Morgan fingerprint density at radius 2 is 1.90 bits per heavy atom. The molecule has 6 nitrogen and oxygen atoms in total. The van der Waals surface area contributed by atoms with Crippen LogP contribution in [0.3, 0.4) is 0 Å². The van der Waals surface area contributed by atoms with Gasteiger partial charge >= 0.3 is 0 Å². The molecule has 3 aromatic carbocycles. The second-order valence-corrected chi connectivity index (χ2v) is 6.99.